The highest BCUT2D eigenvalue weighted by Crippen LogP contribution is 2.48. The fourth-order valence-electron chi connectivity index (χ4n) is 2.51. The van der Waals surface area contributed by atoms with E-state index >= 15 is 0 Å². The van der Waals surface area contributed by atoms with Gasteiger partial charge in [-0.2, -0.15) is 0 Å². The van der Waals surface area contributed by atoms with Crippen molar-refractivity contribution in [3.8, 4) is 0 Å². The number of pyridine rings is 1. The largest absolute Gasteiger partial charge is 0.301 e. The molecule has 1 unspecified atom stereocenters. The lowest BCUT2D eigenvalue weighted by molar-refractivity contribution is 0.0978. The normalized spacial score (nSPS) is 18.3. The van der Waals surface area contributed by atoms with Gasteiger partial charge in [-0.05, 0) is 41.5 Å². The molecule has 0 fully saturated rings. The summed E-state index contributed by atoms with van der Waals surface area (Å²) in [5.41, 5.74) is 2.79. The molecule has 2 heterocycles. The van der Waals surface area contributed by atoms with Gasteiger partial charge < -0.3 is 5.32 Å². The number of hydrogen-bond donors (Lipinski definition) is 1. The number of fused-ring (bicyclic) bond motifs is 3. The number of thioether (sulfide) groups is 1. The maximum atomic E-state index is 12.1. The minimum Gasteiger partial charge on any atom is -0.301 e. The van der Waals surface area contributed by atoms with E-state index < -0.39 is 0 Å². The Hall–Kier alpha value is -2.11. The summed E-state index contributed by atoms with van der Waals surface area (Å²) in [5.74, 6) is -0.175. The number of aromatic nitrogens is 1. The van der Waals surface area contributed by atoms with Crippen molar-refractivity contribution in [1.82, 2.24) is 10.3 Å². The first-order valence-corrected chi connectivity index (χ1v) is 7.88. The van der Waals surface area contributed by atoms with Gasteiger partial charge in [-0.1, -0.05) is 29.4 Å². The molecule has 22 heavy (non-hydrogen) atoms. The van der Waals surface area contributed by atoms with Gasteiger partial charge in [-0.25, -0.2) is 4.99 Å². The molecule has 6 heteroatoms. The predicted molar refractivity (Wildman–Crippen MR) is 88.9 cm³/mol. The first kappa shape index (κ1) is 13.5. The number of rotatable bonds is 1. The first-order chi connectivity index (χ1) is 10.7. The van der Waals surface area contributed by atoms with Gasteiger partial charge in [-0.3, -0.25) is 9.78 Å². The van der Waals surface area contributed by atoms with Gasteiger partial charge in [-0.15, -0.1) is 0 Å². The third-order valence-electron chi connectivity index (χ3n) is 3.53. The highest BCUT2D eigenvalue weighted by Gasteiger charge is 2.32. The summed E-state index contributed by atoms with van der Waals surface area (Å²) in [6, 6.07) is 9.12. The average Bonchev–Trinajstić information content (AvgIpc) is 3.04. The molecule has 0 spiro atoms. The third-order valence-corrected chi connectivity index (χ3v) is 4.75. The lowest BCUT2D eigenvalue weighted by Gasteiger charge is -2.05. The molecule has 1 aromatic heterocycles. The summed E-state index contributed by atoms with van der Waals surface area (Å²) in [5, 5.41) is 4.19. The number of hydrogen-bond acceptors (Lipinski definition) is 4. The van der Waals surface area contributed by atoms with Crippen LogP contribution in [-0.2, 0) is 0 Å². The van der Waals surface area contributed by atoms with Gasteiger partial charge in [0.05, 0.1) is 0 Å². The average molecular weight is 328 g/mol. The monoisotopic (exact) mass is 327 g/mol. The van der Waals surface area contributed by atoms with Gasteiger partial charge in [0, 0.05) is 27.9 Å². The summed E-state index contributed by atoms with van der Waals surface area (Å²) >= 11 is 7.50. The van der Waals surface area contributed by atoms with Crippen LogP contribution in [0.5, 0.6) is 0 Å². The van der Waals surface area contributed by atoms with Gasteiger partial charge in [0.2, 0.25) is 0 Å². The molecular formula is C16H10ClN3OS. The number of nitrogens with zero attached hydrogens (tertiary/aromatic N) is 2. The Labute approximate surface area is 136 Å². The Balaban J connectivity index is 1.56. The predicted octanol–water partition coefficient (Wildman–Crippen LogP) is 3.66. The van der Waals surface area contributed by atoms with E-state index in [4.69, 9.17) is 11.6 Å². The number of carbonyl (C=O) groups excluding carboxylic acids is 1. The molecule has 4 rings (SSSR count). The van der Waals surface area contributed by atoms with E-state index in [1.165, 1.54) is 11.8 Å². The minimum atomic E-state index is -0.175. The topological polar surface area (TPSA) is 54.4 Å². The molecule has 108 valence electrons. The summed E-state index contributed by atoms with van der Waals surface area (Å²) in [6.07, 6.45) is 5.26. The lowest BCUT2D eigenvalue weighted by Crippen LogP contribution is -2.27. The van der Waals surface area contributed by atoms with E-state index in [0.29, 0.717) is 10.7 Å². The van der Waals surface area contributed by atoms with Crippen molar-refractivity contribution in [2.45, 2.75) is 6.04 Å². The van der Waals surface area contributed by atoms with Crippen LogP contribution in [0, 0.1) is 0 Å². The van der Waals surface area contributed by atoms with E-state index in [2.05, 4.69) is 21.4 Å². The molecule has 1 aliphatic heterocycles. The quantitative estimate of drug-likeness (QED) is 0.869. The fraction of sp³-hybridized carbons (Fsp3) is 0.0625. The smallest absolute Gasteiger partial charge is 0.257 e. The Morgan fingerprint density at radius 3 is 2.86 bits per heavy atom. The number of benzene rings is 1. The van der Waals surface area contributed by atoms with Crippen molar-refractivity contribution < 1.29 is 4.79 Å². The number of nitrogens with one attached hydrogen (secondary N) is 1. The van der Waals surface area contributed by atoms with Crippen LogP contribution in [0.4, 0.5) is 0 Å². The highest BCUT2D eigenvalue weighted by molar-refractivity contribution is 8.17. The number of carbonyl (C=O) groups is 1. The lowest BCUT2D eigenvalue weighted by atomic mass is 10.1. The van der Waals surface area contributed by atoms with Crippen LogP contribution in [0.25, 0.3) is 6.08 Å². The zero-order valence-electron chi connectivity index (χ0n) is 11.3. The van der Waals surface area contributed by atoms with E-state index in [0.717, 1.165) is 21.1 Å². The molecule has 4 nitrogen and oxygen atoms in total. The minimum absolute atomic E-state index is 0.0231. The number of aliphatic imine (C=N–C) groups is 1. The Bertz CT molecular complexity index is 833. The van der Waals surface area contributed by atoms with Crippen molar-refractivity contribution in [2.75, 3.05) is 0 Å². The highest BCUT2D eigenvalue weighted by atomic mass is 35.5. The first-order valence-electron chi connectivity index (χ1n) is 6.69. The van der Waals surface area contributed by atoms with Gasteiger partial charge in [0.1, 0.15) is 6.04 Å². The summed E-state index contributed by atoms with van der Waals surface area (Å²) in [6.45, 7) is 0. The van der Waals surface area contributed by atoms with E-state index in [9.17, 15) is 4.79 Å². The maximum absolute atomic E-state index is 12.1. The molecule has 1 atom stereocenters. The zero-order chi connectivity index (χ0) is 15.1. The van der Waals surface area contributed by atoms with Crippen molar-refractivity contribution in [3.05, 3.63) is 69.3 Å². The summed E-state index contributed by atoms with van der Waals surface area (Å²) in [4.78, 5) is 21.8. The van der Waals surface area contributed by atoms with E-state index in [1.807, 2.05) is 18.2 Å². The molecule has 1 aromatic carbocycles. The Morgan fingerprint density at radius 1 is 1.23 bits per heavy atom. The second-order valence-electron chi connectivity index (χ2n) is 4.95. The molecular weight excluding hydrogens is 318 g/mol. The molecule has 0 bridgehead atoms. The van der Waals surface area contributed by atoms with E-state index in [-0.39, 0.29) is 11.9 Å². The Kier molecular flexibility index (Phi) is 3.24. The summed E-state index contributed by atoms with van der Waals surface area (Å²) in [7, 11) is 0. The fourth-order valence-corrected chi connectivity index (χ4v) is 3.69. The van der Waals surface area contributed by atoms with Crippen LogP contribution < -0.4 is 5.32 Å². The number of amidine groups is 1. The standard InChI is InChI=1S/C16H10ClN3OS/c17-11-1-2-12-10(7-11)8-13-14(12)19-16(22-13)20-15(21)9-3-5-18-6-4-9/h1-8,14H,(H,19,20,21). The van der Waals surface area contributed by atoms with Crippen molar-refractivity contribution >= 4 is 40.5 Å². The zero-order valence-corrected chi connectivity index (χ0v) is 12.9. The molecule has 0 saturated carbocycles. The molecule has 1 aliphatic carbocycles. The van der Waals surface area contributed by atoms with Crippen LogP contribution in [0.2, 0.25) is 5.02 Å². The SMILES string of the molecule is O=C(NC1=NC2C(=Cc3cc(Cl)ccc32)S1)c1ccncc1. The number of halogens is 1. The van der Waals surface area contributed by atoms with Gasteiger partial charge >= 0.3 is 0 Å². The van der Waals surface area contributed by atoms with Crippen LogP contribution in [0.3, 0.4) is 0 Å². The van der Waals surface area contributed by atoms with Crippen LogP contribution in [-0.4, -0.2) is 16.1 Å². The van der Waals surface area contributed by atoms with Crippen LogP contribution in [0.1, 0.15) is 27.5 Å². The van der Waals surface area contributed by atoms with Crippen LogP contribution >= 0.6 is 23.4 Å². The third kappa shape index (κ3) is 2.32. The Morgan fingerprint density at radius 2 is 2.05 bits per heavy atom. The molecule has 2 aliphatic rings. The van der Waals surface area contributed by atoms with Gasteiger partial charge in [0.25, 0.3) is 5.91 Å². The van der Waals surface area contributed by atoms with E-state index in [1.54, 1.807) is 24.5 Å². The molecule has 0 radical (unpaired) electrons. The second-order valence-corrected chi connectivity index (χ2v) is 6.45. The molecule has 1 N–H and O–H groups in total. The maximum Gasteiger partial charge on any atom is 0.257 e. The van der Waals surface area contributed by atoms with Crippen LogP contribution in [0.15, 0.2) is 52.6 Å². The van der Waals surface area contributed by atoms with Crippen molar-refractivity contribution in [1.29, 1.82) is 0 Å². The van der Waals surface area contributed by atoms with Crippen molar-refractivity contribution in [3.63, 3.8) is 0 Å². The molecule has 0 saturated heterocycles. The molecule has 2 aromatic rings. The van der Waals surface area contributed by atoms with Crippen molar-refractivity contribution in [2.24, 2.45) is 4.99 Å². The molecule has 1 amide bonds. The van der Waals surface area contributed by atoms with Gasteiger partial charge in [0.15, 0.2) is 5.17 Å². The second kappa shape index (κ2) is 5.26. The number of amides is 1. The summed E-state index contributed by atoms with van der Waals surface area (Å²) < 4.78 is 0.